The Morgan fingerprint density at radius 2 is 1.91 bits per heavy atom. The Morgan fingerprint density at radius 1 is 1.22 bits per heavy atom. The zero-order valence-electron chi connectivity index (χ0n) is 13.4. The molecule has 0 unspecified atom stereocenters. The number of anilines is 1. The second kappa shape index (κ2) is 7.28. The molecule has 1 amide bonds. The maximum atomic E-state index is 12.0. The number of amides is 1. The zero-order valence-corrected chi connectivity index (χ0v) is 13.4. The summed E-state index contributed by atoms with van der Waals surface area (Å²) >= 11 is 0. The Kier molecular flexibility index (Phi) is 5.16. The summed E-state index contributed by atoms with van der Waals surface area (Å²) in [4.78, 5) is 12.0. The fraction of sp³-hybridized carbons (Fsp3) is 0.158. The molecule has 4 heteroatoms. The number of nitriles is 1. The van der Waals surface area contributed by atoms with Crippen molar-refractivity contribution in [2.24, 2.45) is 0 Å². The molecule has 0 saturated heterocycles. The number of carbonyl (C=O) groups excluding carboxylic acids is 1. The molecule has 2 aromatic rings. The standard InChI is InChI=1S/C19H18N2O2/c1-13-9-17(23-3)10-14(2)18(13)7-8-19(22)21-16-6-4-5-15(11-16)12-20/h4-11H,1-3H3,(H,21,22)/b8-7+. The number of carbonyl (C=O) groups is 1. The molecule has 0 aromatic heterocycles. The predicted molar refractivity (Wildman–Crippen MR) is 91.3 cm³/mol. The highest BCUT2D eigenvalue weighted by Gasteiger charge is 2.04. The normalized spacial score (nSPS) is 10.3. The summed E-state index contributed by atoms with van der Waals surface area (Å²) in [7, 11) is 1.63. The van der Waals surface area contributed by atoms with Gasteiger partial charge in [0, 0.05) is 11.8 Å². The van der Waals surface area contributed by atoms with Gasteiger partial charge in [-0.2, -0.15) is 5.26 Å². The largest absolute Gasteiger partial charge is 0.497 e. The highest BCUT2D eigenvalue weighted by Crippen LogP contribution is 2.22. The quantitative estimate of drug-likeness (QED) is 0.873. The number of rotatable bonds is 4. The smallest absolute Gasteiger partial charge is 0.248 e. The summed E-state index contributed by atoms with van der Waals surface area (Å²) < 4.78 is 5.23. The van der Waals surface area contributed by atoms with Crippen molar-refractivity contribution in [3.63, 3.8) is 0 Å². The van der Waals surface area contributed by atoms with Gasteiger partial charge in [0.1, 0.15) is 5.75 Å². The van der Waals surface area contributed by atoms with Gasteiger partial charge in [0.05, 0.1) is 18.7 Å². The Hall–Kier alpha value is -3.06. The maximum absolute atomic E-state index is 12.0. The molecule has 2 aromatic carbocycles. The fourth-order valence-corrected chi connectivity index (χ4v) is 2.33. The number of aryl methyl sites for hydroxylation is 2. The third kappa shape index (κ3) is 4.21. The van der Waals surface area contributed by atoms with E-state index in [0.29, 0.717) is 11.3 Å². The van der Waals surface area contributed by atoms with Crippen LogP contribution in [0.2, 0.25) is 0 Å². The highest BCUT2D eigenvalue weighted by molar-refractivity contribution is 6.02. The Balaban J connectivity index is 2.14. The van der Waals surface area contributed by atoms with E-state index in [1.165, 1.54) is 6.08 Å². The van der Waals surface area contributed by atoms with Gasteiger partial charge in [-0.15, -0.1) is 0 Å². The minimum absolute atomic E-state index is 0.241. The first kappa shape index (κ1) is 16.3. The first-order valence-electron chi connectivity index (χ1n) is 7.18. The molecule has 0 bridgehead atoms. The van der Waals surface area contributed by atoms with Gasteiger partial charge >= 0.3 is 0 Å². The molecule has 0 radical (unpaired) electrons. The molecule has 2 rings (SSSR count). The predicted octanol–water partition coefficient (Wildman–Crippen LogP) is 3.84. The van der Waals surface area contributed by atoms with E-state index in [0.717, 1.165) is 22.4 Å². The summed E-state index contributed by atoms with van der Waals surface area (Å²) in [5.74, 6) is 0.560. The average molecular weight is 306 g/mol. The van der Waals surface area contributed by atoms with Crippen molar-refractivity contribution >= 4 is 17.7 Å². The van der Waals surface area contributed by atoms with Crippen molar-refractivity contribution < 1.29 is 9.53 Å². The molecule has 23 heavy (non-hydrogen) atoms. The van der Waals surface area contributed by atoms with Crippen molar-refractivity contribution in [2.75, 3.05) is 12.4 Å². The number of benzene rings is 2. The maximum Gasteiger partial charge on any atom is 0.248 e. The van der Waals surface area contributed by atoms with Crippen LogP contribution in [0.4, 0.5) is 5.69 Å². The van der Waals surface area contributed by atoms with Gasteiger partial charge < -0.3 is 10.1 Å². The molecule has 0 fully saturated rings. The van der Waals surface area contributed by atoms with Gasteiger partial charge in [-0.05, 0) is 66.9 Å². The third-order valence-corrected chi connectivity index (χ3v) is 3.46. The zero-order chi connectivity index (χ0) is 16.8. The molecule has 116 valence electrons. The fourth-order valence-electron chi connectivity index (χ4n) is 2.33. The average Bonchev–Trinajstić information content (AvgIpc) is 2.54. The van der Waals surface area contributed by atoms with Crippen LogP contribution in [0.3, 0.4) is 0 Å². The van der Waals surface area contributed by atoms with Crippen molar-refractivity contribution in [3.8, 4) is 11.8 Å². The second-order valence-corrected chi connectivity index (χ2v) is 5.19. The molecule has 4 nitrogen and oxygen atoms in total. The molecule has 0 aliphatic carbocycles. The number of nitrogens with zero attached hydrogens (tertiary/aromatic N) is 1. The molecule has 0 heterocycles. The van der Waals surface area contributed by atoms with Crippen LogP contribution >= 0.6 is 0 Å². The van der Waals surface area contributed by atoms with Crippen molar-refractivity contribution in [1.82, 2.24) is 0 Å². The van der Waals surface area contributed by atoms with E-state index < -0.39 is 0 Å². The van der Waals surface area contributed by atoms with Crippen molar-refractivity contribution in [3.05, 3.63) is 64.7 Å². The lowest BCUT2D eigenvalue weighted by Gasteiger charge is -2.09. The first-order valence-corrected chi connectivity index (χ1v) is 7.18. The third-order valence-electron chi connectivity index (χ3n) is 3.46. The van der Waals surface area contributed by atoms with Gasteiger partial charge in [0.25, 0.3) is 0 Å². The summed E-state index contributed by atoms with van der Waals surface area (Å²) in [5, 5.41) is 11.6. The van der Waals surface area contributed by atoms with E-state index in [9.17, 15) is 4.79 Å². The second-order valence-electron chi connectivity index (χ2n) is 5.19. The van der Waals surface area contributed by atoms with E-state index in [1.54, 1.807) is 37.5 Å². The number of hydrogen-bond donors (Lipinski definition) is 1. The summed E-state index contributed by atoms with van der Waals surface area (Å²) in [6.45, 7) is 3.95. The molecule has 1 N–H and O–H groups in total. The summed E-state index contributed by atoms with van der Waals surface area (Å²) in [5.41, 5.74) is 4.18. The van der Waals surface area contributed by atoms with Crippen LogP contribution in [0.1, 0.15) is 22.3 Å². The van der Waals surface area contributed by atoms with Crippen LogP contribution < -0.4 is 10.1 Å². The van der Waals surface area contributed by atoms with Crippen LogP contribution in [-0.2, 0) is 4.79 Å². The lowest BCUT2D eigenvalue weighted by Crippen LogP contribution is -2.07. The topological polar surface area (TPSA) is 62.1 Å². The highest BCUT2D eigenvalue weighted by atomic mass is 16.5. The monoisotopic (exact) mass is 306 g/mol. The van der Waals surface area contributed by atoms with E-state index in [-0.39, 0.29) is 5.91 Å². The minimum Gasteiger partial charge on any atom is -0.497 e. The van der Waals surface area contributed by atoms with E-state index in [2.05, 4.69) is 5.32 Å². The van der Waals surface area contributed by atoms with Crippen LogP contribution in [-0.4, -0.2) is 13.0 Å². The van der Waals surface area contributed by atoms with Crippen LogP contribution in [0, 0.1) is 25.2 Å². The molecular weight excluding hydrogens is 288 g/mol. The van der Waals surface area contributed by atoms with Gasteiger partial charge in [-0.1, -0.05) is 6.07 Å². The number of hydrogen-bond acceptors (Lipinski definition) is 3. The van der Waals surface area contributed by atoms with Crippen molar-refractivity contribution in [1.29, 1.82) is 5.26 Å². The Bertz CT molecular complexity index is 778. The molecule has 0 atom stereocenters. The molecule has 0 saturated carbocycles. The Morgan fingerprint density at radius 3 is 2.52 bits per heavy atom. The van der Waals surface area contributed by atoms with Gasteiger partial charge in [-0.3, -0.25) is 4.79 Å². The van der Waals surface area contributed by atoms with E-state index in [4.69, 9.17) is 10.00 Å². The van der Waals surface area contributed by atoms with Gasteiger partial charge in [-0.25, -0.2) is 0 Å². The van der Waals surface area contributed by atoms with Crippen molar-refractivity contribution in [2.45, 2.75) is 13.8 Å². The van der Waals surface area contributed by atoms with Crippen LogP contribution in [0.15, 0.2) is 42.5 Å². The molecular formula is C19H18N2O2. The van der Waals surface area contributed by atoms with Crippen LogP contribution in [0.5, 0.6) is 5.75 Å². The molecule has 0 spiro atoms. The number of ether oxygens (including phenoxy) is 1. The first-order chi connectivity index (χ1) is 11.0. The lowest BCUT2D eigenvalue weighted by molar-refractivity contribution is -0.111. The lowest BCUT2D eigenvalue weighted by atomic mass is 10.0. The summed E-state index contributed by atoms with van der Waals surface area (Å²) in [6, 6.07) is 12.7. The van der Waals surface area contributed by atoms with E-state index >= 15 is 0 Å². The summed E-state index contributed by atoms with van der Waals surface area (Å²) in [6.07, 6.45) is 3.27. The number of methoxy groups -OCH3 is 1. The Labute approximate surface area is 136 Å². The number of nitrogens with one attached hydrogen (secondary N) is 1. The SMILES string of the molecule is COc1cc(C)c(/C=C/C(=O)Nc2cccc(C#N)c2)c(C)c1. The van der Waals surface area contributed by atoms with Gasteiger partial charge in [0.2, 0.25) is 5.91 Å². The molecule has 0 aliphatic rings. The van der Waals surface area contributed by atoms with Gasteiger partial charge in [0.15, 0.2) is 0 Å². The van der Waals surface area contributed by atoms with Crippen LogP contribution in [0.25, 0.3) is 6.08 Å². The van der Waals surface area contributed by atoms with E-state index in [1.807, 2.05) is 32.0 Å². The molecule has 0 aliphatic heterocycles. The minimum atomic E-state index is -0.241.